The van der Waals surface area contributed by atoms with Gasteiger partial charge in [0.15, 0.2) is 0 Å². The second kappa shape index (κ2) is 26.7. The molecule has 0 spiro atoms. The lowest BCUT2D eigenvalue weighted by molar-refractivity contribution is -0.130. The van der Waals surface area contributed by atoms with Crippen LogP contribution in [0.4, 0.5) is 0 Å². The number of hydrogen-bond acceptors (Lipinski definition) is 5. The maximum Gasteiger partial charge on any atom is 0.267 e. The van der Waals surface area contributed by atoms with E-state index in [0.29, 0.717) is 12.8 Å². The number of carbonyl (C=O) groups is 1. The summed E-state index contributed by atoms with van der Waals surface area (Å²) >= 11 is 0. The molecule has 0 aromatic heterocycles. The van der Waals surface area contributed by atoms with Gasteiger partial charge >= 0.3 is 0 Å². The number of carbonyl (C=O) groups excluding carboxylic acids is 1. The van der Waals surface area contributed by atoms with Crippen LogP contribution in [0.5, 0.6) is 0 Å². The van der Waals surface area contributed by atoms with Gasteiger partial charge in [0.1, 0.15) is 6.10 Å². The van der Waals surface area contributed by atoms with Crippen molar-refractivity contribution in [3.05, 3.63) is 24.3 Å². The Bertz CT molecular complexity index is 753. The van der Waals surface area contributed by atoms with Crippen LogP contribution >= 0.6 is 0 Å². The molecule has 0 aromatic rings. The third-order valence-corrected chi connectivity index (χ3v) is 8.02. The summed E-state index contributed by atoms with van der Waals surface area (Å²) < 4.78 is 32.2. The van der Waals surface area contributed by atoms with Crippen molar-refractivity contribution in [2.45, 2.75) is 167 Å². The van der Waals surface area contributed by atoms with Gasteiger partial charge in [0.2, 0.25) is 5.91 Å². The van der Waals surface area contributed by atoms with Gasteiger partial charge in [-0.05, 0) is 32.1 Å². The minimum absolute atomic E-state index is 0.277. The highest BCUT2D eigenvalue weighted by Gasteiger charge is 2.27. The second-order valence-electron chi connectivity index (χ2n) is 11.2. The van der Waals surface area contributed by atoms with Crippen LogP contribution < -0.4 is 5.32 Å². The van der Waals surface area contributed by atoms with E-state index in [1.165, 1.54) is 89.5 Å². The quantitative estimate of drug-likeness (QED) is 0.0429. The Hall–Kier alpha value is -1.22. The molecule has 236 valence electrons. The first-order valence-electron chi connectivity index (χ1n) is 16.1. The van der Waals surface area contributed by atoms with Gasteiger partial charge in [0.25, 0.3) is 10.1 Å². The van der Waals surface area contributed by atoms with Crippen molar-refractivity contribution < 1.29 is 28.0 Å². The van der Waals surface area contributed by atoms with Crippen molar-refractivity contribution >= 4 is 16.0 Å². The zero-order chi connectivity index (χ0) is 29.9. The largest absolute Gasteiger partial charge is 0.387 e. The third-order valence-electron chi connectivity index (χ3n) is 7.24. The highest BCUT2D eigenvalue weighted by Crippen LogP contribution is 2.14. The molecule has 7 nitrogen and oxygen atoms in total. The summed E-state index contributed by atoms with van der Waals surface area (Å²) in [6.07, 6.45) is 28.1. The van der Waals surface area contributed by atoms with E-state index in [9.17, 15) is 28.0 Å². The molecule has 0 radical (unpaired) electrons. The Morgan fingerprint density at radius 3 is 1.65 bits per heavy atom. The van der Waals surface area contributed by atoms with Crippen molar-refractivity contribution in [3.63, 3.8) is 0 Å². The van der Waals surface area contributed by atoms with E-state index in [2.05, 4.69) is 31.3 Å². The first-order valence-corrected chi connectivity index (χ1v) is 17.8. The zero-order valence-electron chi connectivity index (χ0n) is 25.6. The van der Waals surface area contributed by atoms with Crippen LogP contribution in [0.1, 0.15) is 149 Å². The van der Waals surface area contributed by atoms with Crippen LogP contribution in [-0.2, 0) is 14.9 Å². The summed E-state index contributed by atoms with van der Waals surface area (Å²) in [5.41, 5.74) is 0. The van der Waals surface area contributed by atoms with Gasteiger partial charge in [0, 0.05) is 0 Å². The fraction of sp³-hybridized carbons (Fsp3) is 0.844. The molecule has 4 N–H and O–H groups in total. The van der Waals surface area contributed by atoms with Gasteiger partial charge < -0.3 is 15.5 Å². The lowest BCUT2D eigenvalue weighted by Crippen LogP contribution is -2.50. The smallest absolute Gasteiger partial charge is 0.267 e. The van der Waals surface area contributed by atoms with E-state index in [4.69, 9.17) is 0 Å². The number of allylic oxidation sites excluding steroid dienone is 3. The Kier molecular flexibility index (Phi) is 25.9. The van der Waals surface area contributed by atoms with Crippen LogP contribution in [0, 0.1) is 0 Å². The van der Waals surface area contributed by atoms with E-state index in [1.807, 2.05) is 0 Å². The van der Waals surface area contributed by atoms with Gasteiger partial charge in [-0.2, -0.15) is 8.42 Å². The molecule has 0 fully saturated rings. The number of aliphatic hydroxyl groups excluding tert-OH is 2. The van der Waals surface area contributed by atoms with Crippen LogP contribution in [0.2, 0.25) is 0 Å². The fourth-order valence-corrected chi connectivity index (χ4v) is 5.44. The maximum atomic E-state index is 12.5. The molecule has 8 heteroatoms. The fourth-order valence-electron chi connectivity index (χ4n) is 4.70. The van der Waals surface area contributed by atoms with Crippen LogP contribution in [0.15, 0.2) is 24.3 Å². The average molecular weight is 588 g/mol. The standard InChI is InChI=1S/C32H61NO6S/c1-3-5-7-9-11-13-15-16-17-19-21-23-25-27-31(35)32(36)33-29(28-40(37,38)39)30(34)26-24-22-20-18-14-12-10-8-6-4-2/h14,18,24,26,29-31,34-35H,3-13,15-17,19-23,25,27-28H2,1-2H3,(H,33,36)(H,37,38,39)/b18-14+,26-24+. The molecular formula is C32H61NO6S. The van der Waals surface area contributed by atoms with E-state index in [1.54, 1.807) is 6.08 Å². The third kappa shape index (κ3) is 25.7. The molecule has 0 aliphatic carbocycles. The molecule has 0 aromatic carbocycles. The van der Waals surface area contributed by atoms with Crippen LogP contribution in [-0.4, -0.2) is 53.1 Å². The van der Waals surface area contributed by atoms with Gasteiger partial charge in [-0.25, -0.2) is 0 Å². The molecule has 0 heterocycles. The molecule has 0 saturated heterocycles. The van der Waals surface area contributed by atoms with Crippen LogP contribution in [0.25, 0.3) is 0 Å². The van der Waals surface area contributed by atoms with Crippen molar-refractivity contribution in [2.24, 2.45) is 0 Å². The monoisotopic (exact) mass is 587 g/mol. The minimum atomic E-state index is -4.43. The van der Waals surface area contributed by atoms with Crippen molar-refractivity contribution in [2.75, 3.05) is 5.75 Å². The van der Waals surface area contributed by atoms with Crippen molar-refractivity contribution in [1.29, 1.82) is 0 Å². The molecule has 3 atom stereocenters. The predicted octanol–water partition coefficient (Wildman–Crippen LogP) is 7.43. The summed E-state index contributed by atoms with van der Waals surface area (Å²) in [5, 5.41) is 23.1. The molecule has 0 aliphatic rings. The summed E-state index contributed by atoms with van der Waals surface area (Å²) in [7, 11) is -4.43. The molecular weight excluding hydrogens is 526 g/mol. The topological polar surface area (TPSA) is 124 Å². The Morgan fingerprint density at radius 1 is 0.675 bits per heavy atom. The Labute approximate surface area is 246 Å². The summed E-state index contributed by atoms with van der Waals surface area (Å²) in [6, 6.07) is -1.24. The summed E-state index contributed by atoms with van der Waals surface area (Å²) in [5.74, 6) is -1.56. The summed E-state index contributed by atoms with van der Waals surface area (Å²) in [4.78, 5) is 12.5. The lowest BCUT2D eigenvalue weighted by Gasteiger charge is -2.22. The van der Waals surface area contributed by atoms with Crippen molar-refractivity contribution in [3.8, 4) is 0 Å². The first kappa shape index (κ1) is 38.8. The average Bonchev–Trinajstić information content (AvgIpc) is 2.90. The molecule has 40 heavy (non-hydrogen) atoms. The van der Waals surface area contributed by atoms with Crippen molar-refractivity contribution in [1.82, 2.24) is 5.32 Å². The van der Waals surface area contributed by atoms with Gasteiger partial charge in [-0.1, -0.05) is 141 Å². The highest BCUT2D eigenvalue weighted by atomic mass is 32.2. The van der Waals surface area contributed by atoms with Gasteiger partial charge in [0.05, 0.1) is 17.9 Å². The number of rotatable bonds is 28. The SMILES string of the molecule is CCCCCC/C=C/CC/C=C/C(O)C(CS(=O)(=O)O)NC(=O)C(O)CCCCCCCCCCCCCCC. The van der Waals surface area contributed by atoms with E-state index >= 15 is 0 Å². The number of unbranched alkanes of at least 4 members (excludes halogenated alkanes) is 17. The molecule has 0 rings (SSSR count). The maximum absolute atomic E-state index is 12.5. The lowest BCUT2D eigenvalue weighted by atomic mass is 10.0. The van der Waals surface area contributed by atoms with E-state index in [0.717, 1.165) is 32.1 Å². The van der Waals surface area contributed by atoms with E-state index < -0.39 is 40.0 Å². The predicted molar refractivity (Wildman–Crippen MR) is 167 cm³/mol. The van der Waals surface area contributed by atoms with Gasteiger partial charge in [-0.3, -0.25) is 9.35 Å². The van der Waals surface area contributed by atoms with Crippen LogP contribution in [0.3, 0.4) is 0 Å². The molecule has 0 aliphatic heterocycles. The second-order valence-corrected chi connectivity index (χ2v) is 12.7. The zero-order valence-corrected chi connectivity index (χ0v) is 26.4. The number of aliphatic hydroxyl groups is 2. The number of amides is 1. The molecule has 0 bridgehead atoms. The number of hydrogen-bond donors (Lipinski definition) is 4. The molecule has 1 amide bonds. The molecule has 3 unspecified atom stereocenters. The Balaban J connectivity index is 4.23. The Morgan fingerprint density at radius 2 is 1.12 bits per heavy atom. The normalized spacial score (nSPS) is 14.6. The van der Waals surface area contributed by atoms with E-state index in [-0.39, 0.29) is 6.42 Å². The summed E-state index contributed by atoms with van der Waals surface area (Å²) in [6.45, 7) is 4.42. The first-order chi connectivity index (χ1) is 19.2. The molecule has 0 saturated carbocycles. The number of nitrogens with one attached hydrogen (secondary N) is 1. The minimum Gasteiger partial charge on any atom is -0.387 e. The van der Waals surface area contributed by atoms with Gasteiger partial charge in [-0.15, -0.1) is 0 Å². The highest BCUT2D eigenvalue weighted by molar-refractivity contribution is 7.85.